The number of H-pyrrole nitrogens is 1. The predicted octanol–water partition coefficient (Wildman–Crippen LogP) is -2.46. The van der Waals surface area contributed by atoms with Gasteiger partial charge >= 0.3 is 18.9 Å². The smallest absolute Gasteiger partial charge is 0.543 e. The molecule has 0 saturated heterocycles. The molecule has 0 aliphatic carbocycles. The fourth-order valence-corrected chi connectivity index (χ4v) is 1.18. The van der Waals surface area contributed by atoms with Crippen LogP contribution in [0.25, 0.3) is 10.9 Å². The summed E-state index contributed by atoms with van der Waals surface area (Å²) in [6.45, 7) is 0. The van der Waals surface area contributed by atoms with Crippen LogP contribution in [0.3, 0.4) is 0 Å². The second-order valence-corrected chi connectivity index (χ2v) is 2.56. The van der Waals surface area contributed by atoms with Gasteiger partial charge in [-0.25, -0.2) is 0 Å². The number of benzene rings is 1. The Bertz CT molecular complexity index is 403. The van der Waals surface area contributed by atoms with Gasteiger partial charge in [0.25, 0.3) is 0 Å². The van der Waals surface area contributed by atoms with Gasteiger partial charge < -0.3 is 14.9 Å². The Morgan fingerprint density at radius 2 is 2.00 bits per heavy atom. The van der Waals surface area contributed by atoms with Crippen molar-refractivity contribution in [3.05, 3.63) is 36.0 Å². The van der Waals surface area contributed by atoms with E-state index in [9.17, 15) is 9.90 Å². The Labute approximate surface area is 86.9 Å². The molecule has 60 valence electrons. The molecule has 4 heteroatoms. The Hall–Kier alpha value is -1.17. The van der Waals surface area contributed by atoms with Crippen molar-refractivity contribution in [1.29, 1.82) is 0 Å². The van der Waals surface area contributed by atoms with Gasteiger partial charge in [0.1, 0.15) is 0 Å². The van der Waals surface area contributed by atoms with Gasteiger partial charge in [-0.3, -0.25) is 0 Å². The monoisotopic (exact) mass is 167 g/mol. The summed E-state index contributed by atoms with van der Waals surface area (Å²) in [4.78, 5) is 13.2. The quantitative estimate of drug-likeness (QED) is 0.479. The molecule has 0 saturated carbocycles. The third-order valence-corrected chi connectivity index (χ3v) is 1.75. The van der Waals surface area contributed by atoms with E-state index in [2.05, 4.69) is 4.98 Å². The minimum Gasteiger partial charge on any atom is -0.543 e. The largest absolute Gasteiger partial charge is 1.00 e. The van der Waals surface area contributed by atoms with Crippen molar-refractivity contribution in [1.82, 2.24) is 4.98 Å². The van der Waals surface area contributed by atoms with Gasteiger partial charge in [0.05, 0.1) is 11.7 Å². The number of aromatic nitrogens is 1. The molecule has 0 aliphatic rings. The van der Waals surface area contributed by atoms with E-state index in [4.69, 9.17) is 0 Å². The summed E-state index contributed by atoms with van der Waals surface area (Å²) in [7, 11) is 0. The van der Waals surface area contributed by atoms with E-state index in [-0.39, 0.29) is 24.6 Å². The first-order valence-electron chi connectivity index (χ1n) is 3.56. The van der Waals surface area contributed by atoms with Crippen LogP contribution in [-0.2, 0) is 0 Å². The number of rotatable bonds is 1. The third kappa shape index (κ3) is 1.77. The third-order valence-electron chi connectivity index (χ3n) is 1.75. The fraction of sp³-hybridized carbons (Fsp3) is 0. The molecule has 0 aliphatic heterocycles. The number of carboxylic acid groups (broad SMARTS) is 1. The van der Waals surface area contributed by atoms with E-state index in [0.29, 0.717) is 0 Å². The first-order chi connectivity index (χ1) is 5.77. The normalized spacial score (nSPS) is 9.54. The zero-order valence-corrected chi connectivity index (χ0v) is 7.20. The first kappa shape index (κ1) is 9.91. The molecule has 1 aromatic heterocycles. The number of hydrogen-bond acceptors (Lipinski definition) is 2. The first-order valence-corrected chi connectivity index (χ1v) is 3.56. The van der Waals surface area contributed by atoms with Crippen LogP contribution in [0.2, 0.25) is 0 Å². The molecule has 3 nitrogen and oxygen atoms in total. The number of aromatic amines is 1. The van der Waals surface area contributed by atoms with Crippen molar-refractivity contribution < 1.29 is 28.8 Å². The molecule has 1 aromatic carbocycles. The molecule has 0 unspecified atom stereocenters. The van der Waals surface area contributed by atoms with E-state index < -0.39 is 5.97 Å². The topological polar surface area (TPSA) is 55.9 Å². The number of carbonyl (C=O) groups is 1. The molecule has 0 spiro atoms. The number of para-hydroxylation sites is 1. The average Bonchev–Trinajstić information content (AvgIpc) is 2.46. The Kier molecular flexibility index (Phi) is 2.82. The molecular formula is C9H6LiNO2. The maximum atomic E-state index is 10.4. The molecule has 0 amide bonds. The maximum absolute atomic E-state index is 10.4. The van der Waals surface area contributed by atoms with Gasteiger partial charge in [-0.2, -0.15) is 0 Å². The van der Waals surface area contributed by atoms with Crippen LogP contribution in [0, 0.1) is 0 Å². The minimum absolute atomic E-state index is 0. The molecule has 0 fully saturated rings. The molecule has 1 N–H and O–H groups in total. The summed E-state index contributed by atoms with van der Waals surface area (Å²) in [5.41, 5.74) is 0.938. The van der Waals surface area contributed by atoms with Gasteiger partial charge in [-0.1, -0.05) is 18.2 Å². The molecule has 2 rings (SSSR count). The number of aromatic carboxylic acids is 1. The van der Waals surface area contributed by atoms with Crippen molar-refractivity contribution in [2.45, 2.75) is 0 Å². The molecule has 0 radical (unpaired) electrons. The van der Waals surface area contributed by atoms with Gasteiger partial charge in [0.15, 0.2) is 0 Å². The van der Waals surface area contributed by atoms with Crippen molar-refractivity contribution in [2.24, 2.45) is 0 Å². The van der Waals surface area contributed by atoms with Crippen LogP contribution >= 0.6 is 0 Å². The maximum Gasteiger partial charge on any atom is 1.00 e. The summed E-state index contributed by atoms with van der Waals surface area (Å²) in [5, 5.41) is 11.3. The SMILES string of the molecule is O=C([O-])c1cc2ccccc2[nH]1.[Li+]. The van der Waals surface area contributed by atoms with Crippen LogP contribution in [0.1, 0.15) is 10.5 Å². The van der Waals surface area contributed by atoms with Crippen molar-refractivity contribution in [2.75, 3.05) is 0 Å². The molecule has 0 bridgehead atoms. The number of carboxylic acids is 1. The van der Waals surface area contributed by atoms with E-state index >= 15 is 0 Å². The van der Waals surface area contributed by atoms with E-state index in [0.717, 1.165) is 10.9 Å². The van der Waals surface area contributed by atoms with E-state index in [1.165, 1.54) is 0 Å². The summed E-state index contributed by atoms with van der Waals surface area (Å²) in [5.74, 6) is -1.17. The fourth-order valence-electron chi connectivity index (χ4n) is 1.18. The van der Waals surface area contributed by atoms with Crippen LogP contribution in [0.4, 0.5) is 0 Å². The molecular weight excluding hydrogens is 161 g/mol. The number of hydrogen-bond donors (Lipinski definition) is 1. The zero-order chi connectivity index (χ0) is 8.55. The number of fused-ring (bicyclic) bond motifs is 1. The Morgan fingerprint density at radius 1 is 1.31 bits per heavy atom. The van der Waals surface area contributed by atoms with Crippen LogP contribution in [0.15, 0.2) is 30.3 Å². The van der Waals surface area contributed by atoms with Crippen LogP contribution in [0.5, 0.6) is 0 Å². The summed E-state index contributed by atoms with van der Waals surface area (Å²) in [6.07, 6.45) is 0. The zero-order valence-electron chi connectivity index (χ0n) is 7.20. The van der Waals surface area contributed by atoms with Crippen molar-refractivity contribution >= 4 is 16.9 Å². The summed E-state index contributed by atoms with van der Waals surface area (Å²) in [6, 6.07) is 8.93. The van der Waals surface area contributed by atoms with Gasteiger partial charge in [0, 0.05) is 10.9 Å². The van der Waals surface area contributed by atoms with Gasteiger partial charge in [-0.05, 0) is 12.1 Å². The van der Waals surface area contributed by atoms with Crippen LogP contribution < -0.4 is 24.0 Å². The van der Waals surface area contributed by atoms with Gasteiger partial charge in [0.2, 0.25) is 0 Å². The summed E-state index contributed by atoms with van der Waals surface area (Å²) >= 11 is 0. The minimum atomic E-state index is -1.17. The summed E-state index contributed by atoms with van der Waals surface area (Å²) < 4.78 is 0. The standard InChI is InChI=1S/C9H7NO2.Li/c11-9(12)8-5-6-3-1-2-4-7(6)10-8;/h1-5,10H,(H,11,12);/q;+1/p-1. The van der Waals surface area contributed by atoms with E-state index in [1.807, 2.05) is 24.3 Å². The molecule has 2 aromatic rings. The second-order valence-electron chi connectivity index (χ2n) is 2.56. The average molecular weight is 167 g/mol. The van der Waals surface area contributed by atoms with Crippen molar-refractivity contribution in [3.63, 3.8) is 0 Å². The van der Waals surface area contributed by atoms with Gasteiger partial charge in [-0.15, -0.1) is 0 Å². The molecule has 0 atom stereocenters. The number of nitrogens with one attached hydrogen (secondary N) is 1. The van der Waals surface area contributed by atoms with E-state index in [1.54, 1.807) is 6.07 Å². The number of carbonyl (C=O) groups excluding carboxylic acids is 1. The van der Waals surface area contributed by atoms with Crippen molar-refractivity contribution in [3.8, 4) is 0 Å². The molecule has 1 heterocycles. The Morgan fingerprint density at radius 3 is 2.62 bits per heavy atom. The van der Waals surface area contributed by atoms with Crippen LogP contribution in [-0.4, -0.2) is 11.0 Å². The Balaban J connectivity index is 0.000000845. The molecule has 13 heavy (non-hydrogen) atoms. The predicted molar refractivity (Wildman–Crippen MR) is 42.6 cm³/mol. The second kappa shape index (κ2) is 3.69.